The molecule has 0 bridgehead atoms. The lowest BCUT2D eigenvalue weighted by molar-refractivity contribution is -0.130. The summed E-state index contributed by atoms with van der Waals surface area (Å²) in [5, 5.41) is 0. The van der Waals surface area contributed by atoms with Crippen LogP contribution in [0.15, 0.2) is 52.5 Å². The van der Waals surface area contributed by atoms with Crippen LogP contribution in [0.5, 0.6) is 0 Å². The van der Waals surface area contributed by atoms with Gasteiger partial charge in [0.25, 0.3) is 0 Å². The molecule has 0 aliphatic carbocycles. The van der Waals surface area contributed by atoms with E-state index in [9.17, 15) is 4.79 Å². The number of piperidine rings is 1. The van der Waals surface area contributed by atoms with Crippen LogP contribution in [0.4, 0.5) is 0 Å². The molecule has 1 aromatic carbocycles. The van der Waals surface area contributed by atoms with Crippen LogP contribution in [0.3, 0.4) is 0 Å². The largest absolute Gasteiger partial charge is 0.343 e. The van der Waals surface area contributed by atoms with Crippen molar-refractivity contribution in [1.29, 1.82) is 0 Å². The number of imidazole rings is 1. The number of hydrogen-bond donors (Lipinski definition) is 0. The number of benzene rings is 1. The molecule has 1 fully saturated rings. The van der Waals surface area contributed by atoms with Gasteiger partial charge in [-0.3, -0.25) is 9.78 Å². The molecule has 0 radical (unpaired) electrons. The molecule has 0 unspecified atom stereocenters. The van der Waals surface area contributed by atoms with Gasteiger partial charge in [-0.25, -0.2) is 4.98 Å². The first-order chi connectivity index (χ1) is 14.3. The molecular weight excluding hydrogens is 392 g/mol. The van der Waals surface area contributed by atoms with Gasteiger partial charge in [-0.15, -0.1) is 0 Å². The van der Waals surface area contributed by atoms with E-state index >= 15 is 0 Å². The first kappa shape index (κ1) is 20.9. The van der Waals surface area contributed by atoms with Gasteiger partial charge < -0.3 is 9.47 Å². The molecule has 2 aromatic heterocycles. The maximum atomic E-state index is 11.7. The smallest absolute Gasteiger partial charge is 0.219 e. The third-order valence-electron chi connectivity index (χ3n) is 5.76. The number of carbonyl (C=O) groups excluding carboxylic acids is 1. The van der Waals surface area contributed by atoms with Crippen LogP contribution in [0, 0.1) is 5.92 Å². The van der Waals surface area contributed by atoms with Gasteiger partial charge >= 0.3 is 0 Å². The molecule has 0 atom stereocenters. The van der Waals surface area contributed by atoms with Crippen molar-refractivity contribution in [2.75, 3.05) is 13.1 Å². The van der Waals surface area contributed by atoms with E-state index in [1.54, 1.807) is 24.9 Å². The number of fused-ring (bicyclic) bond motifs is 1. The van der Waals surface area contributed by atoms with Crippen LogP contribution in [0.1, 0.15) is 46.4 Å². The summed E-state index contributed by atoms with van der Waals surface area (Å²) in [7, 11) is 0. The molecule has 30 heavy (non-hydrogen) atoms. The van der Waals surface area contributed by atoms with E-state index in [1.165, 1.54) is 10.4 Å². The van der Waals surface area contributed by atoms with Gasteiger partial charge in [-0.05, 0) is 49.1 Å². The van der Waals surface area contributed by atoms with Crippen molar-refractivity contribution in [3.63, 3.8) is 0 Å². The molecule has 1 aliphatic heterocycles. The zero-order valence-electron chi connectivity index (χ0n) is 18.3. The van der Waals surface area contributed by atoms with Crippen LogP contribution in [-0.2, 0) is 16.8 Å². The molecule has 0 saturated carbocycles. The van der Waals surface area contributed by atoms with E-state index < -0.39 is 0 Å². The summed E-state index contributed by atoms with van der Waals surface area (Å²) in [6, 6.07) is 10.6. The molecule has 5 nitrogen and oxygen atoms in total. The first-order valence-corrected chi connectivity index (χ1v) is 11.5. The summed E-state index contributed by atoms with van der Waals surface area (Å²) in [6.45, 7) is 11.1. The summed E-state index contributed by atoms with van der Waals surface area (Å²) in [4.78, 5) is 25.2. The number of carbonyl (C=O) groups is 1. The first-order valence-electron chi connectivity index (χ1n) is 10.7. The predicted molar refractivity (Wildman–Crippen MR) is 122 cm³/mol. The summed E-state index contributed by atoms with van der Waals surface area (Å²) in [5.74, 6) is 1.90. The lowest BCUT2D eigenvalue weighted by Gasteiger charge is -2.32. The number of hydrogen-bond acceptors (Lipinski definition) is 4. The van der Waals surface area contributed by atoms with Gasteiger partial charge in [0.2, 0.25) is 5.91 Å². The summed E-state index contributed by atoms with van der Waals surface area (Å²) in [5.41, 5.74) is 2.22. The maximum absolute atomic E-state index is 11.7. The predicted octanol–water partition coefficient (Wildman–Crippen LogP) is 5.14. The molecule has 1 saturated heterocycles. The fourth-order valence-electron chi connectivity index (χ4n) is 4.16. The fourth-order valence-corrected chi connectivity index (χ4v) is 5.00. The number of amides is 1. The molecule has 1 amide bonds. The Balaban J connectivity index is 1.62. The minimum absolute atomic E-state index is 0.0320. The number of rotatable bonds is 4. The highest BCUT2D eigenvalue weighted by atomic mass is 32.2. The van der Waals surface area contributed by atoms with E-state index in [4.69, 9.17) is 4.98 Å². The van der Waals surface area contributed by atoms with Crippen LogP contribution >= 0.6 is 11.8 Å². The van der Waals surface area contributed by atoms with Gasteiger partial charge in [0.1, 0.15) is 5.82 Å². The van der Waals surface area contributed by atoms with Crippen LogP contribution in [0.2, 0.25) is 0 Å². The van der Waals surface area contributed by atoms with E-state index in [2.05, 4.69) is 54.6 Å². The number of likely N-dealkylation sites (tertiary alicyclic amines) is 1. The molecule has 0 N–H and O–H groups in total. The van der Waals surface area contributed by atoms with Gasteiger partial charge in [-0.1, -0.05) is 32.5 Å². The van der Waals surface area contributed by atoms with Crippen LogP contribution < -0.4 is 0 Å². The highest BCUT2D eigenvalue weighted by Gasteiger charge is 2.27. The molecule has 4 rings (SSSR count). The second kappa shape index (κ2) is 8.42. The van der Waals surface area contributed by atoms with Crippen LogP contribution in [-0.4, -0.2) is 38.4 Å². The van der Waals surface area contributed by atoms with E-state index in [1.807, 2.05) is 17.2 Å². The van der Waals surface area contributed by atoms with Gasteiger partial charge in [0.15, 0.2) is 0 Å². The molecule has 6 heteroatoms. The van der Waals surface area contributed by atoms with E-state index in [-0.39, 0.29) is 11.3 Å². The van der Waals surface area contributed by atoms with Crippen molar-refractivity contribution in [2.45, 2.75) is 62.3 Å². The highest BCUT2D eigenvalue weighted by Crippen LogP contribution is 2.33. The van der Waals surface area contributed by atoms with Crippen molar-refractivity contribution in [2.24, 2.45) is 5.92 Å². The SMILES string of the molecule is CC(=O)N1CCC(Cn2c(C(C)(C)C)nc3cc(Sc4cccnc4)ccc32)CC1. The lowest BCUT2D eigenvalue weighted by Crippen LogP contribution is -2.38. The topological polar surface area (TPSA) is 51.0 Å². The Hall–Kier alpha value is -2.34. The van der Waals surface area contributed by atoms with Crippen molar-refractivity contribution in [1.82, 2.24) is 19.4 Å². The average molecular weight is 423 g/mol. The fraction of sp³-hybridized carbons (Fsp3) is 0.458. The number of nitrogens with zero attached hydrogens (tertiary/aromatic N) is 4. The minimum Gasteiger partial charge on any atom is -0.343 e. The standard InChI is InChI=1S/C24H30N4OS/c1-17(29)27-12-9-18(10-13-27)16-28-22-8-7-19(30-20-6-5-11-25-15-20)14-21(22)26-23(28)24(2,3)4/h5-8,11,14-15,18H,9-10,12-13,16H2,1-4H3. The Labute approximate surface area is 182 Å². The molecular formula is C24H30N4OS. The normalized spacial score (nSPS) is 15.7. The Morgan fingerprint density at radius 1 is 1.17 bits per heavy atom. The molecule has 1 aliphatic rings. The summed E-state index contributed by atoms with van der Waals surface area (Å²) in [6.07, 6.45) is 5.79. The zero-order chi connectivity index (χ0) is 21.3. The summed E-state index contributed by atoms with van der Waals surface area (Å²) >= 11 is 1.71. The Kier molecular flexibility index (Phi) is 5.87. The zero-order valence-corrected chi connectivity index (χ0v) is 19.1. The molecule has 0 spiro atoms. The van der Waals surface area contributed by atoms with Gasteiger partial charge in [0, 0.05) is 54.2 Å². The lowest BCUT2D eigenvalue weighted by atomic mass is 9.93. The maximum Gasteiger partial charge on any atom is 0.219 e. The van der Waals surface area contributed by atoms with Crippen molar-refractivity contribution < 1.29 is 4.79 Å². The third kappa shape index (κ3) is 4.53. The Morgan fingerprint density at radius 3 is 2.57 bits per heavy atom. The van der Waals surface area contributed by atoms with Crippen LogP contribution in [0.25, 0.3) is 11.0 Å². The van der Waals surface area contributed by atoms with Crippen molar-refractivity contribution >= 4 is 28.7 Å². The van der Waals surface area contributed by atoms with E-state index in [0.717, 1.165) is 48.7 Å². The van der Waals surface area contributed by atoms with E-state index in [0.29, 0.717) is 5.92 Å². The Morgan fingerprint density at radius 2 is 1.93 bits per heavy atom. The molecule has 3 heterocycles. The monoisotopic (exact) mass is 422 g/mol. The van der Waals surface area contributed by atoms with Gasteiger partial charge in [0.05, 0.1) is 11.0 Å². The Bertz CT molecular complexity index is 1030. The highest BCUT2D eigenvalue weighted by molar-refractivity contribution is 7.99. The second-order valence-electron chi connectivity index (χ2n) is 9.19. The average Bonchev–Trinajstić information content (AvgIpc) is 3.07. The van der Waals surface area contributed by atoms with Gasteiger partial charge in [-0.2, -0.15) is 0 Å². The molecule has 158 valence electrons. The summed E-state index contributed by atoms with van der Waals surface area (Å²) < 4.78 is 2.42. The second-order valence-corrected chi connectivity index (χ2v) is 10.3. The molecule has 3 aromatic rings. The third-order valence-corrected chi connectivity index (χ3v) is 6.73. The minimum atomic E-state index is -0.0320. The van der Waals surface area contributed by atoms with Crippen molar-refractivity contribution in [3.8, 4) is 0 Å². The van der Waals surface area contributed by atoms with Crippen molar-refractivity contribution in [3.05, 3.63) is 48.5 Å². The number of pyridine rings is 1. The quantitative estimate of drug-likeness (QED) is 0.584. The number of aromatic nitrogens is 3.